The Labute approximate surface area is 177 Å². The molecule has 0 amide bonds. The maximum absolute atomic E-state index is 13.0. The van der Waals surface area contributed by atoms with Gasteiger partial charge in [-0.25, -0.2) is 13.6 Å². The van der Waals surface area contributed by atoms with Crippen LogP contribution in [0, 0.1) is 11.8 Å². The Morgan fingerprint density at radius 1 is 1.03 bits per heavy atom. The van der Waals surface area contributed by atoms with E-state index in [1.807, 2.05) is 4.90 Å². The summed E-state index contributed by atoms with van der Waals surface area (Å²) in [5.41, 5.74) is 1.98. The summed E-state index contributed by atoms with van der Waals surface area (Å²) in [6, 6.07) is 9.63. The smallest absolute Gasteiger partial charge is 0.347 e. The van der Waals surface area contributed by atoms with E-state index in [0.29, 0.717) is 35.6 Å². The summed E-state index contributed by atoms with van der Waals surface area (Å²) in [6.45, 7) is 0.765. The number of rotatable bonds is 2. The second-order valence-electron chi connectivity index (χ2n) is 7.16. The number of alkyl halides is 3. The lowest BCUT2D eigenvalue weighted by atomic mass is 10.1. The third-order valence-electron chi connectivity index (χ3n) is 4.99. The van der Waals surface area contributed by atoms with Gasteiger partial charge in [0, 0.05) is 25.7 Å². The number of fused-ring (bicyclic) bond motifs is 1. The van der Waals surface area contributed by atoms with Gasteiger partial charge in [0.15, 0.2) is 0 Å². The maximum atomic E-state index is 13.0. The van der Waals surface area contributed by atoms with Crippen molar-refractivity contribution < 1.29 is 21.6 Å². The number of nitrogens with two attached hydrogens (primary N) is 1. The molecule has 6 nitrogen and oxygen atoms in total. The van der Waals surface area contributed by atoms with Crippen LogP contribution in [0.4, 0.5) is 19.0 Å². The number of aromatic nitrogens is 2. The monoisotopic (exact) mass is 446 g/mol. The van der Waals surface area contributed by atoms with Gasteiger partial charge in [-0.15, -0.1) is 0 Å². The molecule has 2 heterocycles. The van der Waals surface area contributed by atoms with Crippen molar-refractivity contribution in [3.05, 3.63) is 76.5 Å². The first-order valence-electron chi connectivity index (χ1n) is 9.13. The molecule has 31 heavy (non-hydrogen) atoms. The van der Waals surface area contributed by atoms with Gasteiger partial charge >= 0.3 is 6.18 Å². The number of hydrogen-bond acceptors (Lipinski definition) is 4. The molecule has 0 saturated carbocycles. The van der Waals surface area contributed by atoms with E-state index < -0.39 is 21.8 Å². The van der Waals surface area contributed by atoms with Crippen molar-refractivity contribution in [2.75, 3.05) is 4.90 Å². The van der Waals surface area contributed by atoms with Crippen molar-refractivity contribution in [3.63, 3.8) is 0 Å². The lowest BCUT2D eigenvalue weighted by Crippen LogP contribution is -2.19. The second-order valence-corrected chi connectivity index (χ2v) is 8.72. The highest BCUT2D eigenvalue weighted by atomic mass is 32.2. The SMILES string of the molecule is Cn1ncc(C#Cc2ccc(S(N)(=O)=O)cc2)c1N1Cc2ccc(C(F)(F)F)cc2C1. The molecule has 0 aliphatic carbocycles. The Bertz CT molecular complexity index is 1320. The highest BCUT2D eigenvalue weighted by Crippen LogP contribution is 2.35. The first-order valence-corrected chi connectivity index (χ1v) is 10.7. The Kier molecular flexibility index (Phi) is 5.03. The molecule has 1 aliphatic rings. The molecule has 3 aromatic rings. The Balaban J connectivity index is 1.60. The molecular weight excluding hydrogens is 429 g/mol. The fourth-order valence-electron chi connectivity index (χ4n) is 3.48. The minimum Gasteiger partial charge on any atom is -0.347 e. The fourth-order valence-corrected chi connectivity index (χ4v) is 4.00. The summed E-state index contributed by atoms with van der Waals surface area (Å²) in [4.78, 5) is 1.92. The number of aryl methyl sites for hydroxylation is 1. The Hall–Kier alpha value is -3.29. The van der Waals surface area contributed by atoms with Crippen LogP contribution < -0.4 is 10.0 Å². The number of benzene rings is 2. The zero-order chi connectivity index (χ0) is 22.4. The number of hydrogen-bond donors (Lipinski definition) is 1. The molecular formula is C21H17F3N4O2S. The quantitative estimate of drug-likeness (QED) is 0.614. The van der Waals surface area contributed by atoms with Crippen LogP contribution in [0.1, 0.15) is 27.8 Å². The number of primary sulfonamides is 1. The van der Waals surface area contributed by atoms with E-state index in [1.165, 1.54) is 24.3 Å². The van der Waals surface area contributed by atoms with Gasteiger partial charge in [0.1, 0.15) is 5.82 Å². The van der Waals surface area contributed by atoms with Gasteiger partial charge in [0.2, 0.25) is 10.0 Å². The molecule has 0 spiro atoms. The minimum absolute atomic E-state index is 0.00632. The van der Waals surface area contributed by atoms with Gasteiger partial charge in [-0.3, -0.25) is 4.68 Å². The summed E-state index contributed by atoms with van der Waals surface area (Å²) in [5, 5.41) is 9.33. The van der Waals surface area contributed by atoms with Crippen molar-refractivity contribution in [3.8, 4) is 11.8 Å². The van der Waals surface area contributed by atoms with Crippen LogP contribution in [0.2, 0.25) is 0 Å². The largest absolute Gasteiger partial charge is 0.416 e. The van der Waals surface area contributed by atoms with Gasteiger partial charge in [-0.05, 0) is 47.5 Å². The summed E-state index contributed by atoms with van der Waals surface area (Å²) in [6.07, 6.45) is -2.80. The lowest BCUT2D eigenvalue weighted by Gasteiger charge is -2.18. The zero-order valence-corrected chi connectivity index (χ0v) is 17.1. The fraction of sp³-hybridized carbons (Fsp3) is 0.190. The van der Waals surface area contributed by atoms with Crippen LogP contribution in [0.3, 0.4) is 0 Å². The van der Waals surface area contributed by atoms with Crippen molar-refractivity contribution >= 4 is 15.8 Å². The van der Waals surface area contributed by atoms with Crippen molar-refractivity contribution in [1.29, 1.82) is 0 Å². The molecule has 2 aromatic carbocycles. The van der Waals surface area contributed by atoms with Crippen LogP contribution in [0.5, 0.6) is 0 Å². The van der Waals surface area contributed by atoms with Crippen molar-refractivity contribution in [2.45, 2.75) is 24.2 Å². The number of nitrogens with zero attached hydrogens (tertiary/aromatic N) is 3. The van der Waals surface area contributed by atoms with Gasteiger partial charge in [0.25, 0.3) is 0 Å². The second kappa shape index (κ2) is 7.44. The van der Waals surface area contributed by atoms with E-state index in [1.54, 1.807) is 30.1 Å². The number of halogens is 3. The lowest BCUT2D eigenvalue weighted by molar-refractivity contribution is -0.137. The predicted octanol–water partition coefficient (Wildman–Crippen LogP) is 3.01. The molecule has 0 fully saturated rings. The molecule has 2 N–H and O–H groups in total. The molecule has 10 heteroatoms. The summed E-state index contributed by atoms with van der Waals surface area (Å²) in [5.74, 6) is 6.66. The molecule has 0 atom stereocenters. The predicted molar refractivity (Wildman–Crippen MR) is 108 cm³/mol. The zero-order valence-electron chi connectivity index (χ0n) is 16.3. The molecule has 160 valence electrons. The van der Waals surface area contributed by atoms with Gasteiger partial charge in [-0.1, -0.05) is 17.9 Å². The Morgan fingerprint density at radius 2 is 1.71 bits per heavy atom. The van der Waals surface area contributed by atoms with Crippen molar-refractivity contribution in [2.24, 2.45) is 12.2 Å². The Morgan fingerprint density at radius 3 is 2.35 bits per heavy atom. The van der Waals surface area contributed by atoms with Crippen LogP contribution in [0.25, 0.3) is 0 Å². The molecule has 1 aromatic heterocycles. The first kappa shape index (κ1) is 21.0. The van der Waals surface area contributed by atoms with E-state index in [9.17, 15) is 21.6 Å². The van der Waals surface area contributed by atoms with E-state index >= 15 is 0 Å². The van der Waals surface area contributed by atoms with E-state index in [0.717, 1.165) is 11.6 Å². The summed E-state index contributed by atoms with van der Waals surface area (Å²) >= 11 is 0. The average Bonchev–Trinajstić information content (AvgIpc) is 3.27. The molecule has 0 unspecified atom stereocenters. The van der Waals surface area contributed by atoms with E-state index in [2.05, 4.69) is 16.9 Å². The minimum atomic E-state index is -4.38. The molecule has 4 rings (SSSR count). The normalized spacial score (nSPS) is 13.6. The van der Waals surface area contributed by atoms with Crippen LogP contribution in [-0.2, 0) is 36.3 Å². The maximum Gasteiger partial charge on any atom is 0.416 e. The third kappa shape index (κ3) is 4.28. The van der Waals surface area contributed by atoms with Crippen LogP contribution in [-0.4, -0.2) is 18.2 Å². The standard InChI is InChI=1S/C21H17F3N4O2S/c1-27-20(28-12-16-6-7-18(21(22,23)24)10-17(16)13-28)15(11-26-27)5-2-14-3-8-19(9-4-14)31(25,29)30/h3-4,6-11H,12-13H2,1H3,(H2,25,29,30). The van der Waals surface area contributed by atoms with E-state index in [-0.39, 0.29) is 4.90 Å². The molecule has 0 saturated heterocycles. The third-order valence-corrected chi connectivity index (χ3v) is 5.92. The van der Waals surface area contributed by atoms with Crippen LogP contribution in [0.15, 0.2) is 53.6 Å². The first-order chi connectivity index (χ1) is 14.5. The average molecular weight is 446 g/mol. The van der Waals surface area contributed by atoms with Crippen LogP contribution >= 0.6 is 0 Å². The summed E-state index contributed by atoms with van der Waals surface area (Å²) in [7, 11) is -2.04. The highest BCUT2D eigenvalue weighted by molar-refractivity contribution is 7.89. The van der Waals surface area contributed by atoms with Gasteiger partial charge in [0.05, 0.1) is 22.2 Å². The number of anilines is 1. The summed E-state index contributed by atoms with van der Waals surface area (Å²) < 4.78 is 63.4. The molecule has 1 aliphatic heterocycles. The molecule has 0 bridgehead atoms. The van der Waals surface area contributed by atoms with E-state index in [4.69, 9.17) is 5.14 Å². The highest BCUT2D eigenvalue weighted by Gasteiger charge is 2.33. The molecule has 0 radical (unpaired) electrons. The topological polar surface area (TPSA) is 81.2 Å². The van der Waals surface area contributed by atoms with Crippen molar-refractivity contribution in [1.82, 2.24) is 9.78 Å². The van der Waals surface area contributed by atoms with Gasteiger partial charge < -0.3 is 4.90 Å². The number of sulfonamides is 1. The van der Waals surface area contributed by atoms with Gasteiger partial charge in [-0.2, -0.15) is 18.3 Å².